The molecule has 13 heteroatoms. The second-order valence-electron chi connectivity index (χ2n) is 10.9. The van der Waals surface area contributed by atoms with Crippen LogP contribution in [0.1, 0.15) is 41.5 Å². The SMILES string of the molecule is Cc1ccc(C)c(/C=c2/s/c(=C(\C#N)C(=O)Nc3cccc(S(=O)(=O)N4CCCCC4)c3)n(-c3cccc(C(F)(F)F)c3)c2=O)c1. The summed E-state index contributed by atoms with van der Waals surface area (Å²) in [5.74, 6) is -0.963. The molecule has 1 aliphatic heterocycles. The van der Waals surface area contributed by atoms with E-state index >= 15 is 0 Å². The molecule has 3 aromatic carbocycles. The maximum atomic E-state index is 13.8. The normalized spacial score (nSPS) is 15.3. The summed E-state index contributed by atoms with van der Waals surface area (Å²) in [5.41, 5.74) is 0.0935. The first-order valence-corrected chi connectivity index (χ1v) is 16.6. The Labute approximate surface area is 267 Å². The average Bonchev–Trinajstić information content (AvgIpc) is 3.34. The number of aryl methyl sites for hydroxylation is 2. The van der Waals surface area contributed by atoms with Gasteiger partial charge in [0.2, 0.25) is 10.0 Å². The molecule has 46 heavy (non-hydrogen) atoms. The first-order valence-electron chi connectivity index (χ1n) is 14.3. The predicted molar refractivity (Wildman–Crippen MR) is 170 cm³/mol. The monoisotopic (exact) mass is 666 g/mol. The molecule has 0 aliphatic carbocycles. The van der Waals surface area contributed by atoms with E-state index in [0.29, 0.717) is 18.7 Å². The molecule has 0 spiro atoms. The Morgan fingerprint density at radius 2 is 1.72 bits per heavy atom. The number of rotatable bonds is 6. The molecular formula is C33H29F3N4O4S2. The molecule has 1 amide bonds. The maximum absolute atomic E-state index is 13.8. The number of nitrogens with one attached hydrogen (secondary N) is 1. The number of aromatic nitrogens is 1. The molecule has 4 aromatic rings. The van der Waals surface area contributed by atoms with Crippen molar-refractivity contribution < 1.29 is 26.4 Å². The van der Waals surface area contributed by atoms with Crippen molar-refractivity contribution in [3.63, 3.8) is 0 Å². The number of nitriles is 1. The highest BCUT2D eigenvalue weighted by molar-refractivity contribution is 7.89. The molecule has 0 bridgehead atoms. The van der Waals surface area contributed by atoms with Crippen molar-refractivity contribution in [3.05, 3.63) is 109 Å². The Morgan fingerprint density at radius 1 is 1.00 bits per heavy atom. The molecule has 238 valence electrons. The number of carbonyl (C=O) groups is 1. The molecule has 0 radical (unpaired) electrons. The van der Waals surface area contributed by atoms with E-state index in [-0.39, 0.29) is 25.5 Å². The van der Waals surface area contributed by atoms with E-state index in [4.69, 9.17) is 0 Å². The lowest BCUT2D eigenvalue weighted by atomic mass is 10.1. The van der Waals surface area contributed by atoms with Crippen molar-refractivity contribution in [3.8, 4) is 11.8 Å². The van der Waals surface area contributed by atoms with Crippen molar-refractivity contribution in [2.75, 3.05) is 18.4 Å². The van der Waals surface area contributed by atoms with Gasteiger partial charge < -0.3 is 5.32 Å². The Hall–Kier alpha value is -4.51. The number of thiazole rings is 1. The lowest BCUT2D eigenvalue weighted by Crippen LogP contribution is -2.35. The van der Waals surface area contributed by atoms with Crippen LogP contribution in [-0.2, 0) is 21.0 Å². The van der Waals surface area contributed by atoms with Gasteiger partial charge in [0.05, 0.1) is 20.7 Å². The van der Waals surface area contributed by atoms with Crippen molar-refractivity contribution in [2.45, 2.75) is 44.2 Å². The molecule has 0 saturated carbocycles. The van der Waals surface area contributed by atoms with E-state index in [1.165, 1.54) is 34.6 Å². The van der Waals surface area contributed by atoms with E-state index in [2.05, 4.69) is 5.32 Å². The zero-order chi connectivity index (χ0) is 33.2. The van der Waals surface area contributed by atoms with Crippen LogP contribution in [0.15, 0.2) is 76.4 Å². The number of benzene rings is 3. The van der Waals surface area contributed by atoms with Crippen molar-refractivity contribution >= 4 is 44.6 Å². The quantitative estimate of drug-likeness (QED) is 0.316. The molecule has 0 atom stereocenters. The summed E-state index contributed by atoms with van der Waals surface area (Å²) in [6.07, 6.45) is -0.707. The van der Waals surface area contributed by atoms with E-state index < -0.39 is 38.8 Å². The molecule has 1 N–H and O–H groups in total. The largest absolute Gasteiger partial charge is 0.416 e. The van der Waals surface area contributed by atoms with Crippen LogP contribution < -0.4 is 20.1 Å². The third-order valence-electron chi connectivity index (χ3n) is 7.57. The Bertz CT molecular complexity index is 2160. The fourth-order valence-corrected chi connectivity index (χ4v) is 7.80. The van der Waals surface area contributed by atoms with Crippen LogP contribution >= 0.6 is 11.3 Å². The summed E-state index contributed by atoms with van der Waals surface area (Å²) in [4.78, 5) is 27.3. The van der Waals surface area contributed by atoms with E-state index in [1.54, 1.807) is 6.08 Å². The van der Waals surface area contributed by atoms with Crippen molar-refractivity contribution in [1.82, 2.24) is 8.87 Å². The second kappa shape index (κ2) is 13.1. The summed E-state index contributed by atoms with van der Waals surface area (Å²) in [6.45, 7) is 4.48. The van der Waals surface area contributed by atoms with Gasteiger partial charge in [0, 0.05) is 18.8 Å². The third-order valence-corrected chi connectivity index (χ3v) is 10.6. The maximum Gasteiger partial charge on any atom is 0.416 e. The van der Waals surface area contributed by atoms with Gasteiger partial charge in [-0.2, -0.15) is 22.7 Å². The van der Waals surface area contributed by atoms with Gasteiger partial charge in [0.15, 0.2) is 5.57 Å². The Balaban J connectivity index is 1.66. The minimum atomic E-state index is -4.71. The molecule has 1 aliphatic rings. The number of piperidine rings is 1. The second-order valence-corrected chi connectivity index (χ2v) is 13.9. The standard InChI is InChI=1S/C33H29F3N4O4S2/c1-21-12-13-22(2)23(16-21)17-29-31(42)40(26-10-6-8-24(18-26)33(34,35)36)32(45-29)28(20-37)30(41)38-25-9-7-11-27(19-25)46(43,44)39-14-4-3-5-15-39/h6-13,16-19H,3-5,14-15H2,1-2H3,(H,38,41)/b29-17+,32-28+. The lowest BCUT2D eigenvalue weighted by Gasteiger charge is -2.26. The number of halogens is 3. The average molecular weight is 667 g/mol. The number of alkyl halides is 3. The molecule has 1 aromatic heterocycles. The molecule has 2 heterocycles. The smallest absolute Gasteiger partial charge is 0.321 e. The molecule has 5 rings (SSSR count). The highest BCUT2D eigenvalue weighted by atomic mass is 32.2. The number of carbonyl (C=O) groups excluding carboxylic acids is 1. The minimum Gasteiger partial charge on any atom is -0.321 e. The van der Waals surface area contributed by atoms with Gasteiger partial charge in [-0.15, -0.1) is 11.3 Å². The summed E-state index contributed by atoms with van der Waals surface area (Å²) in [5, 5.41) is 12.7. The minimum absolute atomic E-state index is 0.0342. The molecular weight excluding hydrogens is 638 g/mol. The van der Waals surface area contributed by atoms with Gasteiger partial charge in [-0.3, -0.25) is 14.2 Å². The summed E-state index contributed by atoms with van der Waals surface area (Å²) >= 11 is 0.792. The van der Waals surface area contributed by atoms with E-state index in [9.17, 15) is 36.4 Å². The van der Waals surface area contributed by atoms with Gasteiger partial charge in [-0.05, 0) is 80.3 Å². The van der Waals surface area contributed by atoms with Gasteiger partial charge in [0.1, 0.15) is 10.7 Å². The zero-order valence-electron chi connectivity index (χ0n) is 24.9. The number of sulfonamides is 1. The fourth-order valence-electron chi connectivity index (χ4n) is 5.14. The van der Waals surface area contributed by atoms with Gasteiger partial charge in [-0.1, -0.05) is 42.3 Å². The number of amides is 1. The van der Waals surface area contributed by atoms with Crippen LogP contribution in [0, 0.1) is 25.2 Å². The number of nitrogens with zero attached hydrogens (tertiary/aromatic N) is 3. The Morgan fingerprint density at radius 3 is 2.41 bits per heavy atom. The van der Waals surface area contributed by atoms with E-state index in [0.717, 1.165) is 64.5 Å². The van der Waals surface area contributed by atoms with Crippen LogP contribution in [-0.4, -0.2) is 36.3 Å². The molecule has 1 fully saturated rings. The molecule has 0 unspecified atom stereocenters. The molecule has 1 saturated heterocycles. The van der Waals surface area contributed by atoms with Crippen LogP contribution in [0.4, 0.5) is 18.9 Å². The summed E-state index contributed by atoms with van der Waals surface area (Å²) in [6, 6.07) is 17.1. The highest BCUT2D eigenvalue weighted by Crippen LogP contribution is 2.30. The van der Waals surface area contributed by atoms with Crippen molar-refractivity contribution in [2.24, 2.45) is 0 Å². The first-order chi connectivity index (χ1) is 21.8. The van der Waals surface area contributed by atoms with Gasteiger partial charge in [-0.25, -0.2) is 8.42 Å². The Kier molecular flexibility index (Phi) is 9.34. The van der Waals surface area contributed by atoms with Gasteiger partial charge >= 0.3 is 6.18 Å². The fraction of sp³-hybridized carbons (Fsp3) is 0.242. The third kappa shape index (κ3) is 6.84. The van der Waals surface area contributed by atoms with E-state index in [1.807, 2.05) is 38.1 Å². The summed E-state index contributed by atoms with van der Waals surface area (Å²) < 4.78 is 69.5. The number of hydrogen-bond acceptors (Lipinski definition) is 6. The highest BCUT2D eigenvalue weighted by Gasteiger charge is 2.31. The zero-order valence-corrected chi connectivity index (χ0v) is 26.5. The van der Waals surface area contributed by atoms with Crippen molar-refractivity contribution in [1.29, 1.82) is 5.26 Å². The predicted octanol–water partition coefficient (Wildman–Crippen LogP) is 4.85. The van der Waals surface area contributed by atoms with Crippen LogP contribution in [0.3, 0.4) is 0 Å². The first kappa shape index (κ1) is 32.9. The van der Waals surface area contributed by atoms with Crippen LogP contribution in [0.25, 0.3) is 17.3 Å². The number of hydrogen-bond donors (Lipinski definition) is 1. The number of anilines is 1. The lowest BCUT2D eigenvalue weighted by molar-refractivity contribution is -0.137. The summed E-state index contributed by atoms with van der Waals surface area (Å²) in [7, 11) is -3.83. The van der Waals surface area contributed by atoms with Crippen LogP contribution in [0.2, 0.25) is 0 Å². The topological polar surface area (TPSA) is 112 Å². The van der Waals surface area contributed by atoms with Gasteiger partial charge in [0.25, 0.3) is 11.5 Å². The molecule has 8 nitrogen and oxygen atoms in total. The van der Waals surface area contributed by atoms with Crippen LogP contribution in [0.5, 0.6) is 0 Å².